The Balaban J connectivity index is 1.88. The van der Waals surface area contributed by atoms with Gasteiger partial charge in [-0.05, 0) is 32.0 Å². The second-order valence-electron chi connectivity index (χ2n) is 5.06. The van der Waals surface area contributed by atoms with Crippen molar-refractivity contribution in [3.05, 3.63) is 54.1 Å². The maximum atomic E-state index is 12.1. The molecule has 0 aliphatic heterocycles. The number of amides is 1. The minimum absolute atomic E-state index is 0.0251. The van der Waals surface area contributed by atoms with Crippen LogP contribution in [0.1, 0.15) is 24.2 Å². The summed E-state index contributed by atoms with van der Waals surface area (Å²) in [6, 6.07) is 14.4. The lowest BCUT2D eigenvalue weighted by Crippen LogP contribution is -2.13. The van der Waals surface area contributed by atoms with E-state index in [1.54, 1.807) is 34.8 Å². The van der Waals surface area contributed by atoms with Crippen LogP contribution in [0.5, 0.6) is 5.88 Å². The molecular formula is C16H16N4O2. The third-order valence-corrected chi connectivity index (χ3v) is 2.94. The molecular weight excluding hydrogens is 280 g/mol. The van der Waals surface area contributed by atoms with Gasteiger partial charge in [0.15, 0.2) is 5.65 Å². The Morgan fingerprint density at radius 2 is 1.91 bits per heavy atom. The van der Waals surface area contributed by atoms with Crippen molar-refractivity contribution in [3.8, 4) is 5.88 Å². The van der Waals surface area contributed by atoms with Gasteiger partial charge < -0.3 is 4.74 Å². The van der Waals surface area contributed by atoms with Crippen molar-refractivity contribution in [2.24, 2.45) is 0 Å². The van der Waals surface area contributed by atoms with E-state index in [-0.39, 0.29) is 18.0 Å². The Bertz CT molecular complexity index is 796. The number of fused-ring (bicyclic) bond motifs is 1. The van der Waals surface area contributed by atoms with Crippen LogP contribution < -0.4 is 10.1 Å². The van der Waals surface area contributed by atoms with Gasteiger partial charge in [-0.15, -0.1) is 5.10 Å². The molecule has 0 spiro atoms. The topological polar surface area (TPSA) is 68.5 Å². The minimum Gasteiger partial charge on any atom is -0.475 e. The van der Waals surface area contributed by atoms with Gasteiger partial charge >= 0.3 is 0 Å². The number of benzene rings is 1. The molecule has 0 saturated carbocycles. The molecule has 0 atom stereocenters. The third kappa shape index (κ3) is 2.90. The van der Waals surface area contributed by atoms with Gasteiger partial charge in [0.05, 0.1) is 6.10 Å². The first-order valence-electron chi connectivity index (χ1n) is 7.02. The van der Waals surface area contributed by atoms with Gasteiger partial charge in [0.1, 0.15) is 0 Å². The quantitative estimate of drug-likeness (QED) is 0.803. The zero-order valence-corrected chi connectivity index (χ0v) is 12.4. The number of aromatic nitrogens is 3. The number of anilines is 1. The molecule has 112 valence electrons. The second-order valence-corrected chi connectivity index (χ2v) is 5.06. The predicted molar refractivity (Wildman–Crippen MR) is 83.1 cm³/mol. The normalized spacial score (nSPS) is 10.9. The van der Waals surface area contributed by atoms with Crippen molar-refractivity contribution in [1.82, 2.24) is 14.6 Å². The molecule has 0 fully saturated rings. The number of pyridine rings is 1. The summed E-state index contributed by atoms with van der Waals surface area (Å²) in [5.74, 6) is 0.580. The average Bonchev–Trinajstić information content (AvgIpc) is 2.91. The smallest absolute Gasteiger partial charge is 0.258 e. The van der Waals surface area contributed by atoms with Crippen molar-refractivity contribution >= 4 is 17.5 Å². The van der Waals surface area contributed by atoms with Gasteiger partial charge in [-0.1, -0.05) is 24.3 Å². The molecule has 0 saturated heterocycles. The molecule has 1 amide bonds. The fraction of sp³-hybridized carbons (Fsp3) is 0.188. The van der Waals surface area contributed by atoms with Crippen LogP contribution in [0.25, 0.3) is 5.65 Å². The molecule has 3 rings (SSSR count). The molecule has 0 radical (unpaired) electrons. The maximum absolute atomic E-state index is 12.1. The van der Waals surface area contributed by atoms with Crippen LogP contribution in [0.2, 0.25) is 0 Å². The number of carbonyl (C=O) groups excluding carboxylic acids is 1. The number of rotatable bonds is 4. The Morgan fingerprint density at radius 1 is 1.14 bits per heavy atom. The summed E-state index contributed by atoms with van der Waals surface area (Å²) in [5.41, 5.74) is 1.17. The third-order valence-electron chi connectivity index (χ3n) is 2.94. The zero-order valence-electron chi connectivity index (χ0n) is 12.4. The van der Waals surface area contributed by atoms with Crippen molar-refractivity contribution in [1.29, 1.82) is 0 Å². The van der Waals surface area contributed by atoms with Crippen molar-refractivity contribution < 1.29 is 9.53 Å². The Hall–Kier alpha value is -2.89. The highest BCUT2D eigenvalue weighted by atomic mass is 16.5. The van der Waals surface area contributed by atoms with Gasteiger partial charge in [0, 0.05) is 11.6 Å². The first-order chi connectivity index (χ1) is 10.6. The second kappa shape index (κ2) is 5.85. The minimum atomic E-state index is -0.247. The summed E-state index contributed by atoms with van der Waals surface area (Å²) >= 11 is 0. The van der Waals surface area contributed by atoms with Crippen LogP contribution in [-0.4, -0.2) is 26.6 Å². The van der Waals surface area contributed by atoms with Crippen molar-refractivity contribution in [2.75, 3.05) is 5.32 Å². The van der Waals surface area contributed by atoms with Gasteiger partial charge in [-0.2, -0.15) is 9.50 Å². The van der Waals surface area contributed by atoms with Gasteiger partial charge in [-0.25, -0.2) is 0 Å². The van der Waals surface area contributed by atoms with E-state index in [1.807, 2.05) is 32.0 Å². The van der Waals surface area contributed by atoms with E-state index < -0.39 is 0 Å². The molecule has 22 heavy (non-hydrogen) atoms. The molecule has 6 nitrogen and oxygen atoms in total. The van der Waals surface area contributed by atoms with Crippen molar-refractivity contribution in [3.63, 3.8) is 0 Å². The molecule has 2 aromatic heterocycles. The number of nitrogens with one attached hydrogen (secondary N) is 1. The Labute approximate surface area is 127 Å². The summed E-state index contributed by atoms with van der Waals surface area (Å²) in [5, 5.41) is 6.97. The average molecular weight is 296 g/mol. The highest BCUT2D eigenvalue weighted by molar-refractivity contribution is 6.03. The SMILES string of the molecule is CC(C)Oc1cccc2nc(NC(=O)c3ccccc3)nn12. The summed E-state index contributed by atoms with van der Waals surface area (Å²) in [7, 11) is 0. The van der Waals surface area contributed by atoms with Crippen LogP contribution in [0, 0.1) is 0 Å². The molecule has 1 N–H and O–H groups in total. The van der Waals surface area contributed by atoms with E-state index in [0.29, 0.717) is 17.1 Å². The molecule has 1 aromatic carbocycles. The lowest BCUT2D eigenvalue weighted by molar-refractivity contribution is 0.102. The number of hydrogen-bond acceptors (Lipinski definition) is 4. The standard InChI is InChI=1S/C16H16N4O2/c1-11(2)22-14-10-6-9-13-17-16(19-20(13)14)18-15(21)12-7-4-3-5-8-12/h3-11H,1-2H3,(H,18,19,21). The molecule has 3 aromatic rings. The first kappa shape index (κ1) is 14.1. The van der Waals surface area contributed by atoms with Gasteiger partial charge in [0.25, 0.3) is 5.91 Å². The molecule has 2 heterocycles. The van der Waals surface area contributed by atoms with E-state index in [0.717, 1.165) is 0 Å². The summed E-state index contributed by atoms with van der Waals surface area (Å²) < 4.78 is 7.25. The van der Waals surface area contributed by atoms with Crippen LogP contribution >= 0.6 is 0 Å². The zero-order chi connectivity index (χ0) is 15.5. The number of ether oxygens (including phenoxy) is 1. The van der Waals surface area contributed by atoms with Gasteiger partial charge in [-0.3, -0.25) is 10.1 Å². The molecule has 0 aliphatic rings. The monoisotopic (exact) mass is 296 g/mol. The highest BCUT2D eigenvalue weighted by Crippen LogP contribution is 2.16. The van der Waals surface area contributed by atoms with Gasteiger partial charge in [0.2, 0.25) is 11.8 Å². The number of nitrogens with zero attached hydrogens (tertiary/aromatic N) is 3. The van der Waals surface area contributed by atoms with Crippen molar-refractivity contribution in [2.45, 2.75) is 20.0 Å². The van der Waals surface area contributed by atoms with Crippen LogP contribution in [-0.2, 0) is 0 Å². The van der Waals surface area contributed by atoms with E-state index in [9.17, 15) is 4.79 Å². The molecule has 0 bridgehead atoms. The Morgan fingerprint density at radius 3 is 2.64 bits per heavy atom. The lowest BCUT2D eigenvalue weighted by Gasteiger charge is -2.09. The predicted octanol–water partition coefficient (Wildman–Crippen LogP) is 2.77. The van der Waals surface area contributed by atoms with Crippen LogP contribution in [0.3, 0.4) is 0 Å². The molecule has 0 unspecified atom stereocenters. The fourth-order valence-electron chi connectivity index (χ4n) is 2.03. The van der Waals surface area contributed by atoms with Crippen LogP contribution in [0.15, 0.2) is 48.5 Å². The first-order valence-corrected chi connectivity index (χ1v) is 7.02. The number of carbonyl (C=O) groups is 1. The summed E-state index contributed by atoms with van der Waals surface area (Å²) in [6.45, 7) is 3.88. The summed E-state index contributed by atoms with van der Waals surface area (Å²) in [4.78, 5) is 16.4. The molecule has 6 heteroatoms. The van der Waals surface area contributed by atoms with E-state index in [1.165, 1.54) is 0 Å². The van der Waals surface area contributed by atoms with E-state index >= 15 is 0 Å². The largest absolute Gasteiger partial charge is 0.475 e. The summed E-state index contributed by atoms with van der Waals surface area (Å²) in [6.07, 6.45) is 0.0251. The van der Waals surface area contributed by atoms with E-state index in [4.69, 9.17) is 4.74 Å². The number of hydrogen-bond donors (Lipinski definition) is 1. The maximum Gasteiger partial charge on any atom is 0.258 e. The highest BCUT2D eigenvalue weighted by Gasteiger charge is 2.12. The van der Waals surface area contributed by atoms with Crippen LogP contribution in [0.4, 0.5) is 5.95 Å². The lowest BCUT2D eigenvalue weighted by atomic mass is 10.2. The Kier molecular flexibility index (Phi) is 3.74. The molecule has 0 aliphatic carbocycles. The fourth-order valence-corrected chi connectivity index (χ4v) is 2.03. The van der Waals surface area contributed by atoms with E-state index in [2.05, 4.69) is 15.4 Å².